The molecule has 7 rings (SSSR count). The van der Waals surface area contributed by atoms with Gasteiger partial charge in [-0.05, 0) is 103 Å². The van der Waals surface area contributed by atoms with Gasteiger partial charge in [0.1, 0.15) is 11.6 Å². The topological polar surface area (TPSA) is 91.3 Å². The second kappa shape index (κ2) is 10.2. The Labute approximate surface area is 241 Å². The summed E-state index contributed by atoms with van der Waals surface area (Å²) in [5.41, 5.74) is -1.68. The van der Waals surface area contributed by atoms with Gasteiger partial charge in [-0.2, -0.15) is 0 Å². The largest absolute Gasteiger partial charge is 0.459 e. The Bertz CT molecular complexity index is 959. The fourth-order valence-electron chi connectivity index (χ4n) is 10.7. The van der Waals surface area contributed by atoms with Gasteiger partial charge in [-0.15, -0.1) is 0 Å². The predicted octanol–water partition coefficient (Wildman–Crippen LogP) is 4.18. The van der Waals surface area contributed by atoms with Crippen molar-refractivity contribution in [2.75, 3.05) is 13.1 Å². The molecule has 7 fully saturated rings. The molecular formula is C33H54N2O5. The highest BCUT2D eigenvalue weighted by Gasteiger charge is 2.77. The Kier molecular flexibility index (Phi) is 7.14. The molecule has 0 radical (unpaired) electrons. The van der Waals surface area contributed by atoms with E-state index in [4.69, 9.17) is 9.47 Å². The highest BCUT2D eigenvalue weighted by Crippen LogP contribution is 2.69. The highest BCUT2D eigenvalue weighted by atomic mass is 16.6. The molecule has 226 valence electrons. The van der Waals surface area contributed by atoms with Gasteiger partial charge in [0, 0.05) is 30.0 Å². The molecule has 5 unspecified atom stereocenters. The molecule has 0 amide bonds. The smallest absolute Gasteiger partial charge is 0.323 e. The Morgan fingerprint density at radius 3 is 2.55 bits per heavy atom. The zero-order chi connectivity index (χ0) is 27.9. The number of aliphatic hydroxyl groups is 2. The first-order valence-corrected chi connectivity index (χ1v) is 16.9. The Morgan fingerprint density at radius 1 is 1.05 bits per heavy atom. The molecule has 7 nitrogen and oxygen atoms in total. The number of carbonyl (C=O) groups is 1. The van der Waals surface area contributed by atoms with Gasteiger partial charge < -0.3 is 19.7 Å². The third kappa shape index (κ3) is 4.60. The molecule has 3 N–H and O–H groups in total. The average Bonchev–Trinajstić information content (AvgIpc) is 3.64. The third-order valence-electron chi connectivity index (χ3n) is 12.4. The van der Waals surface area contributed by atoms with Crippen molar-refractivity contribution in [2.24, 2.45) is 29.1 Å². The standard InChI is InChI=1S/C33H54N2O5/c1-31(2,3)40-30(37)24(17-20-7-5-4-6-8-20)34-23-13-14-33(38)26-18-22-11-12-25(36)28-27(22)32(33,29(23)39-28)15-16-35(26)19-21-9-10-21/h20-29,34,36,38H,4-19H2,1-3H3/t22?,23-,24+,25?,26?,27?,28?,29+,32+,33-/m1/s1. The lowest BCUT2D eigenvalue weighted by Crippen LogP contribution is -2.78. The highest BCUT2D eigenvalue weighted by molar-refractivity contribution is 5.76. The van der Waals surface area contributed by atoms with Gasteiger partial charge in [0.25, 0.3) is 0 Å². The number of ether oxygens (including phenoxy) is 2. The number of nitrogens with zero attached hydrogens (tertiary/aromatic N) is 1. The van der Waals surface area contributed by atoms with Crippen LogP contribution in [0.4, 0.5) is 0 Å². The Hall–Kier alpha value is -0.730. The van der Waals surface area contributed by atoms with Crippen molar-refractivity contribution < 1.29 is 24.5 Å². The number of likely N-dealkylation sites (tertiary alicyclic amines) is 1. The molecule has 2 saturated heterocycles. The number of esters is 1. The third-order valence-corrected chi connectivity index (χ3v) is 12.4. The summed E-state index contributed by atoms with van der Waals surface area (Å²) in [5.74, 6) is 1.90. The molecule has 1 spiro atoms. The van der Waals surface area contributed by atoms with E-state index in [1.807, 2.05) is 20.8 Å². The van der Waals surface area contributed by atoms with Crippen LogP contribution in [0.1, 0.15) is 111 Å². The molecule has 5 aliphatic carbocycles. The van der Waals surface area contributed by atoms with Crippen LogP contribution in [-0.2, 0) is 14.3 Å². The number of hydrogen-bond acceptors (Lipinski definition) is 7. The molecule has 40 heavy (non-hydrogen) atoms. The average molecular weight is 559 g/mol. The van der Waals surface area contributed by atoms with Crippen LogP contribution in [-0.4, -0.2) is 81.8 Å². The molecular weight excluding hydrogens is 504 g/mol. The maximum absolute atomic E-state index is 13.6. The van der Waals surface area contributed by atoms with Gasteiger partial charge >= 0.3 is 5.97 Å². The van der Waals surface area contributed by atoms with Crippen LogP contribution in [0, 0.1) is 29.1 Å². The van der Waals surface area contributed by atoms with Crippen LogP contribution >= 0.6 is 0 Å². The van der Waals surface area contributed by atoms with E-state index in [2.05, 4.69) is 10.2 Å². The van der Waals surface area contributed by atoms with E-state index in [1.165, 1.54) is 44.9 Å². The summed E-state index contributed by atoms with van der Waals surface area (Å²) in [6, 6.07) is -0.196. The van der Waals surface area contributed by atoms with Gasteiger partial charge in [0.15, 0.2) is 0 Å². The number of aliphatic hydroxyl groups excluding tert-OH is 1. The number of hydrogen-bond donors (Lipinski definition) is 3. The summed E-state index contributed by atoms with van der Waals surface area (Å²) in [6.45, 7) is 7.99. The Morgan fingerprint density at radius 2 is 1.82 bits per heavy atom. The van der Waals surface area contributed by atoms with E-state index in [1.54, 1.807) is 0 Å². The number of nitrogens with one attached hydrogen (secondary N) is 1. The first-order valence-electron chi connectivity index (χ1n) is 16.9. The van der Waals surface area contributed by atoms with Crippen LogP contribution in [0.2, 0.25) is 0 Å². The lowest BCUT2D eigenvalue weighted by molar-refractivity contribution is -0.261. The van der Waals surface area contributed by atoms with Crippen LogP contribution in [0.5, 0.6) is 0 Å². The zero-order valence-electron chi connectivity index (χ0n) is 25.2. The second-order valence-corrected chi connectivity index (χ2v) is 16.0. The minimum absolute atomic E-state index is 0.0198. The van der Waals surface area contributed by atoms with Crippen LogP contribution < -0.4 is 5.32 Å². The van der Waals surface area contributed by atoms with E-state index in [0.717, 1.165) is 64.0 Å². The van der Waals surface area contributed by atoms with Crippen molar-refractivity contribution in [3.63, 3.8) is 0 Å². The van der Waals surface area contributed by atoms with E-state index in [9.17, 15) is 15.0 Å². The van der Waals surface area contributed by atoms with Crippen molar-refractivity contribution in [3.8, 4) is 0 Å². The molecule has 7 aliphatic rings. The predicted molar refractivity (Wildman–Crippen MR) is 153 cm³/mol. The van der Waals surface area contributed by atoms with Crippen LogP contribution in [0.25, 0.3) is 0 Å². The van der Waals surface area contributed by atoms with Crippen LogP contribution in [0.3, 0.4) is 0 Å². The fraction of sp³-hybridized carbons (Fsp3) is 0.970. The summed E-state index contributed by atoms with van der Waals surface area (Å²) < 4.78 is 12.9. The number of rotatable bonds is 7. The van der Waals surface area contributed by atoms with Gasteiger partial charge in [-0.3, -0.25) is 15.0 Å². The van der Waals surface area contributed by atoms with Crippen molar-refractivity contribution in [3.05, 3.63) is 0 Å². The summed E-state index contributed by atoms with van der Waals surface area (Å²) in [4.78, 5) is 16.3. The molecule has 5 saturated carbocycles. The first-order chi connectivity index (χ1) is 19.1. The van der Waals surface area contributed by atoms with Crippen molar-refractivity contribution >= 4 is 5.97 Å². The quantitative estimate of drug-likeness (QED) is 0.404. The molecule has 0 aromatic rings. The van der Waals surface area contributed by atoms with Gasteiger partial charge in [0.05, 0.1) is 23.9 Å². The SMILES string of the molecule is CC(C)(C)OC(=O)[C@H](CC1CCCCC1)N[C@@H]1CC[C@@]2(O)C3CC4CCC(O)C5O[C@@H]1[C@]2(CCN3CC1CC1)C45. The van der Waals surface area contributed by atoms with Crippen molar-refractivity contribution in [2.45, 2.75) is 158 Å². The van der Waals surface area contributed by atoms with E-state index >= 15 is 0 Å². The molecule has 2 heterocycles. The van der Waals surface area contributed by atoms with Crippen molar-refractivity contribution in [1.29, 1.82) is 0 Å². The van der Waals surface area contributed by atoms with Gasteiger partial charge in [0.2, 0.25) is 0 Å². The van der Waals surface area contributed by atoms with Gasteiger partial charge in [-0.1, -0.05) is 32.1 Å². The summed E-state index contributed by atoms with van der Waals surface area (Å²) in [5, 5.41) is 27.9. The van der Waals surface area contributed by atoms with Crippen LogP contribution in [0.15, 0.2) is 0 Å². The lowest BCUT2D eigenvalue weighted by atomic mass is 9.42. The fourth-order valence-corrected chi connectivity index (χ4v) is 10.7. The monoisotopic (exact) mass is 558 g/mol. The molecule has 2 aliphatic heterocycles. The number of piperidine rings is 1. The van der Waals surface area contributed by atoms with Gasteiger partial charge in [-0.25, -0.2) is 0 Å². The minimum Gasteiger partial charge on any atom is -0.459 e. The minimum atomic E-state index is -0.791. The van der Waals surface area contributed by atoms with Crippen molar-refractivity contribution in [1.82, 2.24) is 10.2 Å². The maximum atomic E-state index is 13.6. The second-order valence-electron chi connectivity index (χ2n) is 16.0. The van der Waals surface area contributed by atoms with E-state index < -0.39 is 17.3 Å². The summed E-state index contributed by atoms with van der Waals surface area (Å²) in [6.07, 6.45) is 14.1. The Balaban J connectivity index is 1.19. The first kappa shape index (κ1) is 28.1. The lowest BCUT2D eigenvalue weighted by Gasteiger charge is -2.68. The molecule has 2 bridgehead atoms. The molecule has 10 atom stereocenters. The molecule has 0 aromatic heterocycles. The maximum Gasteiger partial charge on any atom is 0.323 e. The molecule has 0 aromatic carbocycles. The normalized spacial score (nSPS) is 46.1. The van der Waals surface area contributed by atoms with E-state index in [0.29, 0.717) is 11.8 Å². The summed E-state index contributed by atoms with van der Waals surface area (Å²) >= 11 is 0. The number of carbonyl (C=O) groups excluding carboxylic acids is 1. The zero-order valence-corrected chi connectivity index (χ0v) is 25.2. The summed E-state index contributed by atoms with van der Waals surface area (Å²) in [7, 11) is 0. The van der Waals surface area contributed by atoms with E-state index in [-0.39, 0.29) is 47.6 Å². The molecule has 7 heteroatoms.